The van der Waals surface area contributed by atoms with E-state index in [-0.39, 0.29) is 31.6 Å². The van der Waals surface area contributed by atoms with Crippen molar-refractivity contribution in [3.8, 4) is 0 Å². The molecule has 1 atom stereocenters. The van der Waals surface area contributed by atoms with Crippen LogP contribution in [0.1, 0.15) is 239 Å². The van der Waals surface area contributed by atoms with E-state index in [9.17, 15) is 14.4 Å². The van der Waals surface area contributed by atoms with Crippen LogP contribution in [0.4, 0.5) is 0 Å². The monoisotopic (exact) mass is 981 g/mol. The summed E-state index contributed by atoms with van der Waals surface area (Å²) in [6.07, 6.45) is 81.8. The Morgan fingerprint density at radius 1 is 0.310 bits per heavy atom. The number of esters is 3. The van der Waals surface area contributed by atoms with Crippen molar-refractivity contribution in [2.75, 3.05) is 13.2 Å². The number of rotatable bonds is 50. The fourth-order valence-electron chi connectivity index (χ4n) is 7.42. The second-order valence-corrected chi connectivity index (χ2v) is 18.4. The summed E-state index contributed by atoms with van der Waals surface area (Å²) in [7, 11) is 0. The van der Waals surface area contributed by atoms with Gasteiger partial charge in [0.15, 0.2) is 6.10 Å². The minimum absolute atomic E-state index is 0.115. The van der Waals surface area contributed by atoms with Crippen LogP contribution in [0.2, 0.25) is 0 Å². The summed E-state index contributed by atoms with van der Waals surface area (Å²) in [4.78, 5) is 38.1. The Hall–Kier alpha value is -4.45. The summed E-state index contributed by atoms with van der Waals surface area (Å²) in [6.45, 7) is 6.28. The number of ether oxygens (including phenoxy) is 3. The molecule has 400 valence electrons. The highest BCUT2D eigenvalue weighted by molar-refractivity contribution is 5.72. The van der Waals surface area contributed by atoms with E-state index < -0.39 is 12.1 Å². The Morgan fingerprint density at radius 3 is 1.01 bits per heavy atom. The smallest absolute Gasteiger partial charge is 0.309 e. The zero-order valence-electron chi connectivity index (χ0n) is 45.7. The number of hydrogen-bond donors (Lipinski definition) is 0. The van der Waals surface area contributed by atoms with Crippen molar-refractivity contribution in [3.05, 3.63) is 134 Å². The molecule has 0 radical (unpaired) electrons. The molecule has 1 unspecified atom stereocenters. The molecule has 6 heteroatoms. The molecule has 0 aliphatic carbocycles. The summed E-state index contributed by atoms with van der Waals surface area (Å²) in [6, 6.07) is 0. The van der Waals surface area contributed by atoms with E-state index in [0.717, 1.165) is 109 Å². The van der Waals surface area contributed by atoms with Crippen molar-refractivity contribution >= 4 is 17.9 Å². The second kappa shape index (κ2) is 58.1. The summed E-state index contributed by atoms with van der Waals surface area (Å²) < 4.78 is 16.7. The van der Waals surface area contributed by atoms with Crippen LogP contribution in [0.15, 0.2) is 134 Å². The normalized spacial score (nSPS) is 13.1. The number of hydrogen-bond acceptors (Lipinski definition) is 6. The van der Waals surface area contributed by atoms with Crippen molar-refractivity contribution in [1.82, 2.24) is 0 Å². The lowest BCUT2D eigenvalue weighted by atomic mass is 10.1. The second-order valence-electron chi connectivity index (χ2n) is 18.4. The molecule has 0 fully saturated rings. The number of carbonyl (C=O) groups excluding carboxylic acids is 3. The first-order valence-electron chi connectivity index (χ1n) is 28.7. The van der Waals surface area contributed by atoms with Gasteiger partial charge in [-0.05, 0) is 116 Å². The SMILES string of the molecule is CC/C=C\C/C=C\C/C=C\C/C=C\C/C=C\CCCCCC(=O)OCC(COC(=O)C/C=C\C/C=C\C/C=C\C/C=C\C/C=C\CC)OC(=O)CCCCCCCCCCC/C=C\CCCCCCCC. The summed E-state index contributed by atoms with van der Waals surface area (Å²) in [5, 5.41) is 0. The predicted molar refractivity (Wildman–Crippen MR) is 306 cm³/mol. The van der Waals surface area contributed by atoms with Crippen molar-refractivity contribution in [2.45, 2.75) is 245 Å². The highest BCUT2D eigenvalue weighted by Gasteiger charge is 2.19. The maximum absolute atomic E-state index is 12.9. The average Bonchev–Trinajstić information content (AvgIpc) is 3.37. The fourth-order valence-corrected chi connectivity index (χ4v) is 7.42. The van der Waals surface area contributed by atoms with E-state index in [1.54, 1.807) is 6.08 Å². The lowest BCUT2D eigenvalue weighted by Crippen LogP contribution is -2.30. The molecule has 0 aromatic carbocycles. The highest BCUT2D eigenvalue weighted by Crippen LogP contribution is 2.14. The van der Waals surface area contributed by atoms with E-state index in [1.165, 1.54) is 89.9 Å². The minimum atomic E-state index is -0.838. The van der Waals surface area contributed by atoms with Gasteiger partial charge in [-0.3, -0.25) is 14.4 Å². The molecule has 0 aromatic rings. The zero-order valence-corrected chi connectivity index (χ0v) is 45.7. The third kappa shape index (κ3) is 56.3. The van der Waals surface area contributed by atoms with Gasteiger partial charge in [0.25, 0.3) is 0 Å². The molecule has 6 nitrogen and oxygen atoms in total. The van der Waals surface area contributed by atoms with Crippen LogP contribution in [0.5, 0.6) is 0 Å². The Labute approximate surface area is 436 Å². The van der Waals surface area contributed by atoms with Gasteiger partial charge in [-0.15, -0.1) is 0 Å². The van der Waals surface area contributed by atoms with Crippen molar-refractivity contribution in [2.24, 2.45) is 0 Å². The Morgan fingerprint density at radius 2 is 0.606 bits per heavy atom. The van der Waals surface area contributed by atoms with Crippen molar-refractivity contribution in [3.63, 3.8) is 0 Å². The summed E-state index contributed by atoms with van der Waals surface area (Å²) in [5.41, 5.74) is 0. The fraction of sp³-hybridized carbons (Fsp3) is 0.615. The number of allylic oxidation sites excluding steroid dienone is 21. The van der Waals surface area contributed by atoms with Gasteiger partial charge < -0.3 is 14.2 Å². The zero-order chi connectivity index (χ0) is 51.4. The quantitative estimate of drug-likeness (QED) is 0.0262. The van der Waals surface area contributed by atoms with Crippen LogP contribution < -0.4 is 0 Å². The number of carbonyl (C=O) groups is 3. The van der Waals surface area contributed by atoms with E-state index in [1.807, 2.05) is 6.08 Å². The maximum atomic E-state index is 12.9. The Kier molecular flexibility index (Phi) is 54.5. The molecule has 0 spiro atoms. The van der Waals surface area contributed by atoms with Gasteiger partial charge in [-0.25, -0.2) is 0 Å². The van der Waals surface area contributed by atoms with Crippen LogP contribution in [0.25, 0.3) is 0 Å². The molecule has 0 amide bonds. The van der Waals surface area contributed by atoms with Crippen LogP contribution in [-0.4, -0.2) is 37.2 Å². The van der Waals surface area contributed by atoms with Gasteiger partial charge in [0, 0.05) is 12.8 Å². The van der Waals surface area contributed by atoms with Crippen LogP contribution in [0.3, 0.4) is 0 Å². The molecular weight excluding hydrogens is 877 g/mol. The topological polar surface area (TPSA) is 78.9 Å². The van der Waals surface area contributed by atoms with Crippen molar-refractivity contribution in [1.29, 1.82) is 0 Å². The third-order valence-electron chi connectivity index (χ3n) is 11.7. The lowest BCUT2D eigenvalue weighted by Gasteiger charge is -2.18. The molecule has 0 aliphatic heterocycles. The van der Waals surface area contributed by atoms with Gasteiger partial charge in [-0.2, -0.15) is 0 Å². The first-order chi connectivity index (χ1) is 35.0. The van der Waals surface area contributed by atoms with Gasteiger partial charge in [0.2, 0.25) is 0 Å². The Bertz CT molecular complexity index is 1550. The molecule has 0 saturated carbocycles. The standard InChI is InChI=1S/C65H104O6/c1-4-7-10-13-16-19-22-25-28-30-32-34-37-40-43-46-49-52-55-58-64(67)70-61-62(60-69-63(66)57-54-51-48-45-42-39-36-27-24-21-18-15-12-9-6-3)71-65(68)59-56-53-50-47-44-41-38-35-33-31-29-26-23-20-17-14-11-8-5-2/h7,9-10,12,16,18-19,21,25-29,32,34,36,40,42-43,45,51,54,62H,4-6,8,11,13-15,17,20,22-24,30-31,33,35,37-39,41,44,46-50,52-53,55-61H2,1-3H3/b10-7-,12-9-,19-16-,21-18-,28-25-,29-26-,34-32-,36-27-,43-40-,45-42-,54-51-. The van der Waals surface area contributed by atoms with Gasteiger partial charge >= 0.3 is 17.9 Å². The lowest BCUT2D eigenvalue weighted by molar-refractivity contribution is -0.166. The van der Waals surface area contributed by atoms with Crippen molar-refractivity contribution < 1.29 is 28.6 Å². The first kappa shape index (κ1) is 66.6. The minimum Gasteiger partial charge on any atom is -0.462 e. The molecule has 0 aromatic heterocycles. The predicted octanol–water partition coefficient (Wildman–Crippen LogP) is 19.4. The van der Waals surface area contributed by atoms with Crippen LogP contribution in [0, 0.1) is 0 Å². The maximum Gasteiger partial charge on any atom is 0.309 e. The Balaban J connectivity index is 4.56. The third-order valence-corrected chi connectivity index (χ3v) is 11.7. The molecule has 0 heterocycles. The number of unbranched alkanes of at least 4 members (excludes halogenated alkanes) is 18. The average molecular weight is 982 g/mol. The van der Waals surface area contributed by atoms with Crippen LogP contribution in [-0.2, 0) is 28.6 Å². The molecule has 0 saturated heterocycles. The van der Waals surface area contributed by atoms with Gasteiger partial charge in [0.1, 0.15) is 13.2 Å². The first-order valence-corrected chi connectivity index (χ1v) is 28.7. The van der Waals surface area contributed by atoms with E-state index >= 15 is 0 Å². The largest absolute Gasteiger partial charge is 0.462 e. The molecule has 0 bridgehead atoms. The van der Waals surface area contributed by atoms with Crippen LogP contribution >= 0.6 is 0 Å². The van der Waals surface area contributed by atoms with E-state index in [4.69, 9.17) is 14.2 Å². The highest BCUT2D eigenvalue weighted by atomic mass is 16.6. The van der Waals surface area contributed by atoms with Gasteiger partial charge in [-0.1, -0.05) is 238 Å². The molecule has 0 aliphatic rings. The van der Waals surface area contributed by atoms with Gasteiger partial charge in [0.05, 0.1) is 6.42 Å². The molecule has 0 rings (SSSR count). The van der Waals surface area contributed by atoms with E-state index in [2.05, 4.69) is 142 Å². The summed E-state index contributed by atoms with van der Waals surface area (Å²) >= 11 is 0. The molecule has 0 N–H and O–H groups in total. The van der Waals surface area contributed by atoms with E-state index in [0.29, 0.717) is 12.8 Å². The molecule has 71 heavy (non-hydrogen) atoms. The summed E-state index contributed by atoms with van der Waals surface area (Å²) in [5.74, 6) is -1.10. The molecular formula is C65H104O6.